The number of carbonyl (C=O) groups is 2. The fourth-order valence-corrected chi connectivity index (χ4v) is 3.61. The predicted molar refractivity (Wildman–Crippen MR) is 107 cm³/mol. The second kappa shape index (κ2) is 7.89. The number of nitrogens with one attached hydrogen (secondary N) is 2. The number of methoxy groups -OCH3 is 1. The van der Waals surface area contributed by atoms with E-state index in [1.54, 1.807) is 41.3 Å². The highest BCUT2D eigenvalue weighted by atomic mass is 32.2. The summed E-state index contributed by atoms with van der Waals surface area (Å²) in [6.07, 6.45) is 1.17. The molecule has 0 saturated carbocycles. The maximum atomic E-state index is 12.6. The van der Waals surface area contributed by atoms with Crippen LogP contribution in [0.3, 0.4) is 0 Å². The number of benzene rings is 2. The largest absolute Gasteiger partial charge is 0.495 e. The number of anilines is 3. The molecule has 2 aromatic rings. The maximum absolute atomic E-state index is 12.6. The van der Waals surface area contributed by atoms with Crippen molar-refractivity contribution in [2.75, 3.05) is 34.8 Å². The SMILES string of the molecule is COc1ccccc1N1CC(C(=O)Nc2ccc(NS(C)(=O)=O)cc2)CC1=O. The summed E-state index contributed by atoms with van der Waals surface area (Å²) in [7, 11) is -1.83. The summed E-state index contributed by atoms with van der Waals surface area (Å²) in [5.41, 5.74) is 1.56. The Morgan fingerprint density at radius 2 is 1.75 bits per heavy atom. The van der Waals surface area contributed by atoms with Crippen LogP contribution in [-0.2, 0) is 19.6 Å². The smallest absolute Gasteiger partial charge is 0.229 e. The first-order valence-electron chi connectivity index (χ1n) is 8.59. The van der Waals surface area contributed by atoms with Gasteiger partial charge in [0.25, 0.3) is 0 Å². The molecule has 1 unspecified atom stereocenters. The Morgan fingerprint density at radius 3 is 2.39 bits per heavy atom. The van der Waals surface area contributed by atoms with Crippen molar-refractivity contribution < 1.29 is 22.7 Å². The van der Waals surface area contributed by atoms with E-state index in [0.29, 0.717) is 22.8 Å². The quantitative estimate of drug-likeness (QED) is 0.768. The monoisotopic (exact) mass is 403 g/mol. The number of hydrogen-bond acceptors (Lipinski definition) is 5. The number of sulfonamides is 1. The molecule has 1 fully saturated rings. The van der Waals surface area contributed by atoms with E-state index in [2.05, 4.69) is 10.0 Å². The minimum Gasteiger partial charge on any atom is -0.495 e. The lowest BCUT2D eigenvalue weighted by Crippen LogP contribution is -2.28. The molecule has 2 amide bonds. The average Bonchev–Trinajstić information content (AvgIpc) is 3.04. The summed E-state index contributed by atoms with van der Waals surface area (Å²) >= 11 is 0. The number of para-hydroxylation sites is 2. The molecule has 0 spiro atoms. The molecule has 9 heteroatoms. The van der Waals surface area contributed by atoms with E-state index in [1.807, 2.05) is 12.1 Å². The van der Waals surface area contributed by atoms with Crippen LogP contribution in [0.15, 0.2) is 48.5 Å². The molecule has 1 aliphatic rings. The Kier molecular flexibility index (Phi) is 5.55. The lowest BCUT2D eigenvalue weighted by atomic mass is 10.1. The van der Waals surface area contributed by atoms with Gasteiger partial charge in [-0.1, -0.05) is 12.1 Å². The molecule has 148 valence electrons. The normalized spacial score (nSPS) is 16.7. The summed E-state index contributed by atoms with van der Waals surface area (Å²) < 4.78 is 30.1. The number of rotatable bonds is 6. The number of ether oxygens (including phenoxy) is 1. The van der Waals surface area contributed by atoms with Gasteiger partial charge in [0.1, 0.15) is 5.75 Å². The lowest BCUT2D eigenvalue weighted by molar-refractivity contribution is -0.122. The van der Waals surface area contributed by atoms with E-state index in [0.717, 1.165) is 6.26 Å². The van der Waals surface area contributed by atoms with Crippen molar-refractivity contribution in [2.24, 2.45) is 5.92 Å². The van der Waals surface area contributed by atoms with E-state index < -0.39 is 15.9 Å². The number of carbonyl (C=O) groups excluding carboxylic acids is 2. The summed E-state index contributed by atoms with van der Waals surface area (Å²) in [6, 6.07) is 13.5. The molecule has 0 bridgehead atoms. The van der Waals surface area contributed by atoms with Crippen molar-refractivity contribution >= 4 is 38.9 Å². The molecule has 1 heterocycles. The molecule has 2 aromatic carbocycles. The van der Waals surface area contributed by atoms with Gasteiger partial charge in [0.05, 0.1) is 25.0 Å². The Morgan fingerprint density at radius 1 is 1.11 bits per heavy atom. The van der Waals surface area contributed by atoms with Gasteiger partial charge in [0.2, 0.25) is 21.8 Å². The third kappa shape index (κ3) is 4.61. The maximum Gasteiger partial charge on any atom is 0.229 e. The fourth-order valence-electron chi connectivity index (χ4n) is 3.05. The summed E-state index contributed by atoms with van der Waals surface area (Å²) in [5.74, 6) is -0.330. The summed E-state index contributed by atoms with van der Waals surface area (Å²) in [5, 5.41) is 2.77. The van der Waals surface area contributed by atoms with E-state index in [-0.39, 0.29) is 24.8 Å². The average molecular weight is 403 g/mol. The highest BCUT2D eigenvalue weighted by molar-refractivity contribution is 7.92. The number of amides is 2. The van der Waals surface area contributed by atoms with Crippen LogP contribution in [-0.4, -0.2) is 40.1 Å². The second-order valence-corrected chi connectivity index (χ2v) is 8.27. The zero-order valence-electron chi connectivity index (χ0n) is 15.5. The van der Waals surface area contributed by atoms with Crippen LogP contribution in [0.4, 0.5) is 17.1 Å². The van der Waals surface area contributed by atoms with Crippen LogP contribution in [0.1, 0.15) is 6.42 Å². The van der Waals surface area contributed by atoms with Gasteiger partial charge in [-0.05, 0) is 36.4 Å². The topological polar surface area (TPSA) is 105 Å². The molecule has 1 aliphatic heterocycles. The molecule has 3 rings (SSSR count). The number of nitrogens with zero attached hydrogens (tertiary/aromatic N) is 1. The van der Waals surface area contributed by atoms with Crippen LogP contribution in [0.25, 0.3) is 0 Å². The fraction of sp³-hybridized carbons (Fsp3) is 0.263. The Hall–Kier alpha value is -3.07. The summed E-state index contributed by atoms with van der Waals surface area (Å²) in [4.78, 5) is 26.5. The molecule has 28 heavy (non-hydrogen) atoms. The van der Waals surface area contributed by atoms with Gasteiger partial charge in [-0.25, -0.2) is 8.42 Å². The molecule has 0 aliphatic carbocycles. The van der Waals surface area contributed by atoms with Gasteiger partial charge in [-0.15, -0.1) is 0 Å². The van der Waals surface area contributed by atoms with Gasteiger partial charge in [-0.3, -0.25) is 14.3 Å². The zero-order valence-corrected chi connectivity index (χ0v) is 16.3. The Bertz CT molecular complexity index is 989. The van der Waals surface area contributed by atoms with Crippen LogP contribution < -0.4 is 19.7 Å². The molecule has 0 radical (unpaired) electrons. The van der Waals surface area contributed by atoms with Crippen molar-refractivity contribution in [1.29, 1.82) is 0 Å². The van der Waals surface area contributed by atoms with Crippen molar-refractivity contribution in [1.82, 2.24) is 0 Å². The van der Waals surface area contributed by atoms with Crippen LogP contribution in [0.5, 0.6) is 5.75 Å². The van der Waals surface area contributed by atoms with Crippen molar-refractivity contribution in [2.45, 2.75) is 6.42 Å². The highest BCUT2D eigenvalue weighted by Gasteiger charge is 2.36. The molecule has 1 saturated heterocycles. The van der Waals surface area contributed by atoms with Crippen molar-refractivity contribution in [3.63, 3.8) is 0 Å². The lowest BCUT2D eigenvalue weighted by Gasteiger charge is -2.19. The molecular formula is C19H21N3O5S. The molecule has 2 N–H and O–H groups in total. The van der Waals surface area contributed by atoms with Gasteiger partial charge < -0.3 is 15.0 Å². The van der Waals surface area contributed by atoms with Crippen LogP contribution in [0, 0.1) is 5.92 Å². The van der Waals surface area contributed by atoms with Crippen LogP contribution >= 0.6 is 0 Å². The predicted octanol–water partition coefficient (Wildman–Crippen LogP) is 2.06. The van der Waals surface area contributed by atoms with Crippen LogP contribution in [0.2, 0.25) is 0 Å². The molecular weight excluding hydrogens is 382 g/mol. The molecule has 8 nitrogen and oxygen atoms in total. The third-order valence-corrected chi connectivity index (χ3v) is 4.93. The Balaban J connectivity index is 1.66. The third-order valence-electron chi connectivity index (χ3n) is 4.33. The second-order valence-electron chi connectivity index (χ2n) is 6.52. The standard InChI is InChI=1S/C19H21N3O5S/c1-27-17-6-4-3-5-16(17)22-12-13(11-18(22)23)19(24)20-14-7-9-15(10-8-14)21-28(2,25)26/h3-10,13,21H,11-12H2,1-2H3,(H,20,24). The van der Waals surface area contributed by atoms with E-state index in [4.69, 9.17) is 4.74 Å². The minimum absolute atomic E-state index is 0.109. The highest BCUT2D eigenvalue weighted by Crippen LogP contribution is 2.33. The summed E-state index contributed by atoms with van der Waals surface area (Å²) in [6.45, 7) is 0.263. The van der Waals surface area contributed by atoms with Gasteiger partial charge in [0.15, 0.2) is 0 Å². The van der Waals surface area contributed by atoms with Crippen molar-refractivity contribution in [3.05, 3.63) is 48.5 Å². The van der Waals surface area contributed by atoms with Gasteiger partial charge >= 0.3 is 0 Å². The minimum atomic E-state index is -3.36. The first kappa shape index (κ1) is 19.7. The van der Waals surface area contributed by atoms with Gasteiger partial charge in [0, 0.05) is 24.3 Å². The number of hydrogen-bond donors (Lipinski definition) is 2. The first-order valence-corrected chi connectivity index (χ1v) is 10.5. The van der Waals surface area contributed by atoms with E-state index in [1.165, 1.54) is 7.11 Å². The van der Waals surface area contributed by atoms with E-state index >= 15 is 0 Å². The molecule has 1 atom stereocenters. The first-order chi connectivity index (χ1) is 13.3. The Labute approximate surface area is 163 Å². The zero-order chi connectivity index (χ0) is 20.3. The van der Waals surface area contributed by atoms with Gasteiger partial charge in [-0.2, -0.15) is 0 Å². The molecule has 0 aromatic heterocycles. The van der Waals surface area contributed by atoms with Crippen molar-refractivity contribution in [3.8, 4) is 5.75 Å². The van der Waals surface area contributed by atoms with E-state index in [9.17, 15) is 18.0 Å².